The van der Waals surface area contributed by atoms with E-state index in [1.807, 2.05) is 11.0 Å². The minimum Gasteiger partial charge on any atom is -0.355 e. The highest BCUT2D eigenvalue weighted by atomic mass is 32.1. The number of nitrogens with one attached hydrogen (secondary N) is 2. The predicted molar refractivity (Wildman–Crippen MR) is 86.7 cm³/mol. The fourth-order valence-electron chi connectivity index (χ4n) is 2.99. The summed E-state index contributed by atoms with van der Waals surface area (Å²) in [4.78, 5) is 27.6. The third kappa shape index (κ3) is 3.67. The van der Waals surface area contributed by atoms with Crippen molar-refractivity contribution in [2.75, 3.05) is 32.7 Å². The van der Waals surface area contributed by atoms with Crippen molar-refractivity contribution in [3.63, 3.8) is 0 Å². The number of likely N-dealkylation sites (tertiary alicyclic amines) is 1. The van der Waals surface area contributed by atoms with E-state index < -0.39 is 0 Å². The first-order chi connectivity index (χ1) is 10.7. The van der Waals surface area contributed by atoms with Gasteiger partial charge in [-0.05, 0) is 30.7 Å². The molecule has 22 heavy (non-hydrogen) atoms. The molecule has 3 rings (SSSR count). The number of piperidine rings is 1. The molecule has 5 nitrogen and oxygen atoms in total. The maximum absolute atomic E-state index is 12.2. The van der Waals surface area contributed by atoms with Crippen molar-refractivity contribution >= 4 is 23.2 Å². The van der Waals surface area contributed by atoms with Crippen molar-refractivity contribution in [2.45, 2.75) is 19.3 Å². The first kappa shape index (κ1) is 15.5. The molecule has 0 spiro atoms. The molecule has 2 fully saturated rings. The van der Waals surface area contributed by atoms with Gasteiger partial charge in [0.25, 0.3) is 0 Å². The second-order valence-corrected chi connectivity index (χ2v) is 7.11. The third-order valence-electron chi connectivity index (χ3n) is 4.56. The predicted octanol–water partition coefficient (Wildman–Crippen LogP) is 0.865. The van der Waals surface area contributed by atoms with Gasteiger partial charge in [-0.25, -0.2) is 0 Å². The summed E-state index contributed by atoms with van der Waals surface area (Å²) < 4.78 is 0. The number of thiophene rings is 1. The molecule has 2 aliphatic rings. The lowest BCUT2D eigenvalue weighted by molar-refractivity contribution is -0.140. The van der Waals surface area contributed by atoms with E-state index >= 15 is 0 Å². The lowest BCUT2D eigenvalue weighted by atomic mass is 9.93. The summed E-state index contributed by atoms with van der Waals surface area (Å²) in [6.07, 6.45) is 2.48. The van der Waals surface area contributed by atoms with Crippen molar-refractivity contribution < 1.29 is 9.59 Å². The van der Waals surface area contributed by atoms with E-state index in [4.69, 9.17) is 0 Å². The van der Waals surface area contributed by atoms with Crippen molar-refractivity contribution in [3.05, 3.63) is 22.4 Å². The Bertz CT molecular complexity index is 505. The lowest BCUT2D eigenvalue weighted by Crippen LogP contribution is -2.54. The van der Waals surface area contributed by atoms with Crippen molar-refractivity contribution in [2.24, 2.45) is 11.8 Å². The van der Waals surface area contributed by atoms with E-state index in [0.29, 0.717) is 6.54 Å². The van der Waals surface area contributed by atoms with Crippen LogP contribution in [0.5, 0.6) is 0 Å². The SMILES string of the molecule is O=C(NCCc1cccs1)C1CCN(C(=O)C2CNC2)CC1. The maximum Gasteiger partial charge on any atom is 0.228 e. The van der Waals surface area contributed by atoms with Gasteiger partial charge in [0.2, 0.25) is 11.8 Å². The molecule has 6 heteroatoms. The van der Waals surface area contributed by atoms with Crippen LogP contribution in [0.2, 0.25) is 0 Å². The van der Waals surface area contributed by atoms with Gasteiger partial charge in [0.1, 0.15) is 0 Å². The zero-order valence-corrected chi connectivity index (χ0v) is 13.5. The van der Waals surface area contributed by atoms with Crippen LogP contribution < -0.4 is 10.6 Å². The topological polar surface area (TPSA) is 61.4 Å². The molecule has 0 aromatic carbocycles. The molecular formula is C16H23N3O2S. The second kappa shape index (κ2) is 7.24. The summed E-state index contributed by atoms with van der Waals surface area (Å²) in [5.74, 6) is 0.632. The normalized spacial score (nSPS) is 19.7. The molecular weight excluding hydrogens is 298 g/mol. The van der Waals surface area contributed by atoms with E-state index in [0.717, 1.165) is 45.4 Å². The lowest BCUT2D eigenvalue weighted by Gasteiger charge is -2.36. The Hall–Kier alpha value is -1.40. The van der Waals surface area contributed by atoms with Crippen molar-refractivity contribution in [1.29, 1.82) is 0 Å². The standard InChI is InChI=1S/C16H23N3O2S/c20-15(18-6-3-14-2-1-9-22-14)12-4-7-19(8-5-12)16(21)13-10-17-11-13/h1-2,9,12-13,17H,3-8,10-11H2,(H,18,20). The Morgan fingerprint density at radius 3 is 2.64 bits per heavy atom. The second-order valence-electron chi connectivity index (χ2n) is 6.08. The fourth-order valence-corrected chi connectivity index (χ4v) is 3.70. The molecule has 0 aliphatic carbocycles. The van der Waals surface area contributed by atoms with Gasteiger partial charge >= 0.3 is 0 Å². The molecule has 120 valence electrons. The molecule has 0 unspecified atom stereocenters. The average molecular weight is 321 g/mol. The minimum absolute atomic E-state index is 0.0619. The van der Waals surface area contributed by atoms with Crippen LogP contribution in [0.3, 0.4) is 0 Å². The van der Waals surface area contributed by atoms with Crippen LogP contribution in [0, 0.1) is 11.8 Å². The zero-order chi connectivity index (χ0) is 15.4. The molecule has 0 atom stereocenters. The number of hydrogen-bond acceptors (Lipinski definition) is 4. The van der Waals surface area contributed by atoms with Crippen molar-refractivity contribution in [1.82, 2.24) is 15.5 Å². The first-order valence-electron chi connectivity index (χ1n) is 8.03. The number of hydrogen-bond donors (Lipinski definition) is 2. The number of amides is 2. The molecule has 2 N–H and O–H groups in total. The summed E-state index contributed by atoms with van der Waals surface area (Å²) in [5.41, 5.74) is 0. The van der Waals surface area contributed by atoms with Gasteiger partial charge in [-0.3, -0.25) is 9.59 Å². The Balaban J connectivity index is 1.37. The number of carbonyl (C=O) groups excluding carboxylic acids is 2. The van der Waals surface area contributed by atoms with Gasteiger partial charge in [0, 0.05) is 43.5 Å². The largest absolute Gasteiger partial charge is 0.355 e. The van der Waals surface area contributed by atoms with Crippen LogP contribution in [-0.2, 0) is 16.0 Å². The molecule has 1 aromatic rings. The molecule has 2 amide bonds. The molecule has 0 bridgehead atoms. The summed E-state index contributed by atoms with van der Waals surface area (Å²) in [5, 5.41) is 8.22. The smallest absolute Gasteiger partial charge is 0.228 e. The molecule has 3 heterocycles. The summed E-state index contributed by atoms with van der Waals surface area (Å²) in [7, 11) is 0. The van der Waals surface area contributed by atoms with Gasteiger partial charge in [0.15, 0.2) is 0 Å². The highest BCUT2D eigenvalue weighted by Crippen LogP contribution is 2.20. The fraction of sp³-hybridized carbons (Fsp3) is 0.625. The highest BCUT2D eigenvalue weighted by Gasteiger charge is 2.33. The van der Waals surface area contributed by atoms with E-state index in [1.54, 1.807) is 11.3 Å². The van der Waals surface area contributed by atoms with Crippen LogP contribution in [0.25, 0.3) is 0 Å². The molecule has 2 saturated heterocycles. The van der Waals surface area contributed by atoms with Crippen LogP contribution in [0.15, 0.2) is 17.5 Å². The Morgan fingerprint density at radius 2 is 2.05 bits per heavy atom. The highest BCUT2D eigenvalue weighted by molar-refractivity contribution is 7.09. The summed E-state index contributed by atoms with van der Waals surface area (Å²) >= 11 is 1.72. The molecule has 0 radical (unpaired) electrons. The zero-order valence-electron chi connectivity index (χ0n) is 12.7. The van der Waals surface area contributed by atoms with E-state index in [9.17, 15) is 9.59 Å². The first-order valence-corrected chi connectivity index (χ1v) is 8.91. The molecule has 2 aliphatic heterocycles. The number of carbonyl (C=O) groups is 2. The Kier molecular flexibility index (Phi) is 5.10. The van der Waals surface area contributed by atoms with Crippen LogP contribution in [0.4, 0.5) is 0 Å². The average Bonchev–Trinajstić information content (AvgIpc) is 2.99. The third-order valence-corrected chi connectivity index (χ3v) is 5.50. The minimum atomic E-state index is 0.0619. The van der Waals surface area contributed by atoms with Gasteiger partial charge < -0.3 is 15.5 Å². The number of rotatable bonds is 5. The van der Waals surface area contributed by atoms with Crippen LogP contribution >= 0.6 is 11.3 Å². The van der Waals surface area contributed by atoms with Gasteiger partial charge in [-0.2, -0.15) is 0 Å². The summed E-state index contributed by atoms with van der Waals surface area (Å²) in [6, 6.07) is 4.13. The van der Waals surface area contributed by atoms with E-state index in [-0.39, 0.29) is 23.7 Å². The Morgan fingerprint density at radius 1 is 1.27 bits per heavy atom. The van der Waals surface area contributed by atoms with Gasteiger partial charge in [0.05, 0.1) is 5.92 Å². The van der Waals surface area contributed by atoms with Gasteiger partial charge in [-0.15, -0.1) is 11.3 Å². The van der Waals surface area contributed by atoms with Crippen molar-refractivity contribution in [3.8, 4) is 0 Å². The summed E-state index contributed by atoms with van der Waals surface area (Å²) in [6.45, 7) is 3.76. The number of nitrogens with zero attached hydrogens (tertiary/aromatic N) is 1. The molecule has 1 aromatic heterocycles. The van der Waals surface area contributed by atoms with Crippen LogP contribution in [-0.4, -0.2) is 49.4 Å². The van der Waals surface area contributed by atoms with E-state index in [2.05, 4.69) is 22.1 Å². The van der Waals surface area contributed by atoms with Gasteiger partial charge in [-0.1, -0.05) is 6.07 Å². The van der Waals surface area contributed by atoms with E-state index in [1.165, 1.54) is 4.88 Å². The maximum atomic E-state index is 12.2. The Labute approximate surface area is 135 Å². The molecule has 0 saturated carbocycles. The quantitative estimate of drug-likeness (QED) is 0.846. The van der Waals surface area contributed by atoms with Crippen LogP contribution in [0.1, 0.15) is 17.7 Å². The monoisotopic (exact) mass is 321 g/mol.